The summed E-state index contributed by atoms with van der Waals surface area (Å²) in [5.41, 5.74) is 7.64. The molecule has 0 radical (unpaired) electrons. The van der Waals surface area contributed by atoms with E-state index in [4.69, 9.17) is 4.74 Å². The van der Waals surface area contributed by atoms with E-state index < -0.39 is 0 Å². The van der Waals surface area contributed by atoms with Gasteiger partial charge in [0.15, 0.2) is 0 Å². The highest BCUT2D eigenvalue weighted by Crippen LogP contribution is 2.21. The van der Waals surface area contributed by atoms with Crippen molar-refractivity contribution in [3.8, 4) is 5.69 Å². The van der Waals surface area contributed by atoms with E-state index in [0.717, 1.165) is 54.6 Å². The number of carbonyl (C=O) groups is 1. The van der Waals surface area contributed by atoms with Gasteiger partial charge in [-0.2, -0.15) is 5.10 Å². The number of rotatable bonds is 5. The van der Waals surface area contributed by atoms with Gasteiger partial charge >= 0.3 is 0 Å². The lowest BCUT2D eigenvalue weighted by Gasteiger charge is -2.28. The van der Waals surface area contributed by atoms with Crippen LogP contribution in [0.5, 0.6) is 0 Å². The van der Waals surface area contributed by atoms with E-state index in [0.29, 0.717) is 5.56 Å². The summed E-state index contributed by atoms with van der Waals surface area (Å²) in [6.07, 6.45) is 1.63. The molecule has 1 N–H and O–H groups in total. The second-order valence-corrected chi connectivity index (χ2v) is 7.49. The van der Waals surface area contributed by atoms with Crippen LogP contribution in [0, 0.1) is 19.7 Å². The van der Waals surface area contributed by atoms with E-state index in [9.17, 15) is 9.18 Å². The number of morpholine rings is 1. The van der Waals surface area contributed by atoms with Crippen molar-refractivity contribution in [2.75, 3.05) is 31.2 Å². The Morgan fingerprint density at radius 3 is 2.35 bits per heavy atom. The molecule has 0 saturated carbocycles. The number of carbonyl (C=O) groups excluding carboxylic acids is 1. The summed E-state index contributed by atoms with van der Waals surface area (Å²) < 4.78 is 20.5. The number of hydrogen-bond acceptors (Lipinski definition) is 4. The third kappa shape index (κ3) is 4.67. The average molecular weight is 420 g/mol. The van der Waals surface area contributed by atoms with Crippen molar-refractivity contribution in [2.24, 2.45) is 5.10 Å². The van der Waals surface area contributed by atoms with Gasteiger partial charge in [0.1, 0.15) is 5.82 Å². The highest BCUT2D eigenvalue weighted by atomic mass is 19.1. The summed E-state index contributed by atoms with van der Waals surface area (Å²) in [6.45, 7) is 7.04. The maximum Gasteiger partial charge on any atom is 0.273 e. The van der Waals surface area contributed by atoms with Crippen LogP contribution in [0.3, 0.4) is 0 Å². The first-order chi connectivity index (χ1) is 15.0. The predicted octanol–water partition coefficient (Wildman–Crippen LogP) is 3.83. The lowest BCUT2D eigenvalue weighted by molar-refractivity contribution is 0.0954. The highest BCUT2D eigenvalue weighted by Gasteiger charge is 2.16. The van der Waals surface area contributed by atoms with Crippen LogP contribution in [0.2, 0.25) is 0 Å². The Kier molecular flexibility index (Phi) is 6.13. The number of ether oxygens (including phenoxy) is 1. The van der Waals surface area contributed by atoms with Crippen molar-refractivity contribution in [3.05, 3.63) is 82.9 Å². The molecule has 6 nitrogen and oxygen atoms in total. The van der Waals surface area contributed by atoms with Crippen molar-refractivity contribution in [1.82, 2.24) is 9.99 Å². The number of benzene rings is 2. The summed E-state index contributed by atoms with van der Waals surface area (Å²) in [5.74, 6) is -0.584. The quantitative estimate of drug-likeness (QED) is 0.504. The maximum absolute atomic E-state index is 13.2. The number of hydrazone groups is 1. The largest absolute Gasteiger partial charge is 0.378 e. The number of aromatic nitrogens is 1. The summed E-state index contributed by atoms with van der Waals surface area (Å²) in [7, 11) is 0. The van der Waals surface area contributed by atoms with E-state index in [1.807, 2.05) is 42.7 Å². The zero-order valence-corrected chi connectivity index (χ0v) is 17.6. The minimum absolute atomic E-state index is 0.289. The molecule has 1 aliphatic rings. The second-order valence-electron chi connectivity index (χ2n) is 7.49. The molecule has 0 aliphatic carbocycles. The molecule has 2 aromatic carbocycles. The SMILES string of the molecule is Cc1cc(C(=O)N/N=C\c2ccc(N3CCOCC3)cc2)c(C)n1-c1ccc(F)cc1. The second kappa shape index (κ2) is 9.14. The molecule has 2 heterocycles. The van der Waals surface area contributed by atoms with Crippen molar-refractivity contribution >= 4 is 17.8 Å². The summed E-state index contributed by atoms with van der Waals surface area (Å²) in [6, 6.07) is 16.0. The molecule has 1 fully saturated rings. The van der Waals surface area contributed by atoms with E-state index in [2.05, 4.69) is 15.4 Å². The van der Waals surface area contributed by atoms with E-state index >= 15 is 0 Å². The fourth-order valence-corrected chi connectivity index (χ4v) is 3.80. The first-order valence-corrected chi connectivity index (χ1v) is 10.2. The molecule has 0 spiro atoms. The van der Waals surface area contributed by atoms with E-state index in [1.54, 1.807) is 24.4 Å². The number of aryl methyl sites for hydroxylation is 1. The first-order valence-electron chi connectivity index (χ1n) is 10.2. The summed E-state index contributed by atoms with van der Waals surface area (Å²) >= 11 is 0. The Labute approximate surface area is 180 Å². The zero-order valence-electron chi connectivity index (χ0n) is 17.6. The highest BCUT2D eigenvalue weighted by molar-refractivity contribution is 5.96. The third-order valence-corrected chi connectivity index (χ3v) is 5.41. The summed E-state index contributed by atoms with van der Waals surface area (Å²) in [4.78, 5) is 14.9. The number of amides is 1. The molecule has 0 atom stereocenters. The third-order valence-electron chi connectivity index (χ3n) is 5.41. The van der Waals surface area contributed by atoms with Crippen LogP contribution < -0.4 is 10.3 Å². The lowest BCUT2D eigenvalue weighted by Crippen LogP contribution is -2.36. The fraction of sp³-hybridized carbons (Fsp3) is 0.250. The van der Waals surface area contributed by atoms with Crippen LogP contribution in [-0.2, 0) is 4.74 Å². The Bertz CT molecular complexity index is 1080. The number of nitrogens with one attached hydrogen (secondary N) is 1. The predicted molar refractivity (Wildman–Crippen MR) is 120 cm³/mol. The van der Waals surface area contributed by atoms with Crippen LogP contribution in [0.25, 0.3) is 5.69 Å². The molecule has 1 aromatic heterocycles. The van der Waals surface area contributed by atoms with Gasteiger partial charge in [0, 0.05) is 35.9 Å². The fourth-order valence-electron chi connectivity index (χ4n) is 3.80. The Hall–Kier alpha value is -3.45. The van der Waals surface area contributed by atoms with E-state index in [-0.39, 0.29) is 11.7 Å². The molecule has 4 rings (SSSR count). The standard InChI is InChI=1S/C24H25FN4O2/c1-17-15-23(18(2)29(17)22-9-5-20(25)6-10-22)24(30)27-26-16-19-3-7-21(8-4-19)28-11-13-31-14-12-28/h3-10,15-16H,11-14H2,1-2H3,(H,27,30)/b26-16-. The minimum Gasteiger partial charge on any atom is -0.378 e. The van der Waals surface area contributed by atoms with Gasteiger partial charge in [-0.15, -0.1) is 0 Å². The molecule has 3 aromatic rings. The van der Waals surface area contributed by atoms with Crippen LogP contribution in [0.4, 0.5) is 10.1 Å². The molecule has 1 aliphatic heterocycles. The van der Waals surface area contributed by atoms with Crippen LogP contribution in [-0.4, -0.2) is 43.0 Å². The van der Waals surface area contributed by atoms with Crippen LogP contribution in [0.1, 0.15) is 27.3 Å². The Morgan fingerprint density at radius 2 is 1.68 bits per heavy atom. The van der Waals surface area contributed by atoms with Gasteiger partial charge in [-0.05, 0) is 61.9 Å². The molecule has 7 heteroatoms. The smallest absolute Gasteiger partial charge is 0.273 e. The lowest BCUT2D eigenvalue weighted by atomic mass is 10.2. The van der Waals surface area contributed by atoms with Gasteiger partial charge in [-0.3, -0.25) is 4.79 Å². The number of halogens is 1. The molecule has 31 heavy (non-hydrogen) atoms. The van der Waals surface area contributed by atoms with Crippen LogP contribution in [0.15, 0.2) is 59.7 Å². The Balaban J connectivity index is 1.42. The van der Waals surface area contributed by atoms with Crippen molar-refractivity contribution in [3.63, 3.8) is 0 Å². The van der Waals surface area contributed by atoms with Crippen molar-refractivity contribution in [1.29, 1.82) is 0 Å². The molecule has 1 saturated heterocycles. The number of anilines is 1. The van der Waals surface area contributed by atoms with Gasteiger partial charge in [0.2, 0.25) is 0 Å². The molecular weight excluding hydrogens is 395 g/mol. The van der Waals surface area contributed by atoms with Crippen LogP contribution >= 0.6 is 0 Å². The average Bonchev–Trinajstić information content (AvgIpc) is 3.09. The molecular formula is C24H25FN4O2. The van der Waals surface area contributed by atoms with Gasteiger partial charge in [-0.1, -0.05) is 12.1 Å². The van der Waals surface area contributed by atoms with Gasteiger partial charge < -0.3 is 14.2 Å². The monoisotopic (exact) mass is 420 g/mol. The van der Waals surface area contributed by atoms with Crippen molar-refractivity contribution in [2.45, 2.75) is 13.8 Å². The Morgan fingerprint density at radius 1 is 1.03 bits per heavy atom. The minimum atomic E-state index is -0.295. The summed E-state index contributed by atoms with van der Waals surface area (Å²) in [5, 5.41) is 4.11. The first kappa shape index (κ1) is 20.8. The normalized spacial score (nSPS) is 14.2. The maximum atomic E-state index is 13.2. The van der Waals surface area contributed by atoms with E-state index in [1.165, 1.54) is 12.1 Å². The van der Waals surface area contributed by atoms with Gasteiger partial charge in [0.05, 0.1) is 25.0 Å². The number of nitrogens with zero attached hydrogens (tertiary/aromatic N) is 3. The van der Waals surface area contributed by atoms with Crippen molar-refractivity contribution < 1.29 is 13.9 Å². The van der Waals surface area contributed by atoms with Gasteiger partial charge in [-0.25, -0.2) is 9.82 Å². The number of hydrogen-bond donors (Lipinski definition) is 1. The molecule has 0 bridgehead atoms. The molecule has 160 valence electrons. The zero-order chi connectivity index (χ0) is 21.8. The topological polar surface area (TPSA) is 58.9 Å². The van der Waals surface area contributed by atoms with Gasteiger partial charge in [0.25, 0.3) is 5.91 Å². The molecule has 1 amide bonds. The molecule has 0 unspecified atom stereocenters.